The van der Waals surface area contributed by atoms with Crippen LogP contribution >= 0.6 is 0 Å². The SMILES string of the molecule is C[Si](C)(C)C12CC3C[C@@H]1[C@@H]2C3. The van der Waals surface area contributed by atoms with E-state index in [-0.39, 0.29) is 0 Å². The lowest BCUT2D eigenvalue weighted by atomic mass is 10.1. The molecule has 4 aliphatic carbocycles. The highest BCUT2D eigenvalue weighted by Gasteiger charge is 2.77. The first-order valence-corrected chi connectivity index (χ1v) is 8.56. The Bertz CT molecular complexity index is 201. The maximum absolute atomic E-state index is 2.59. The van der Waals surface area contributed by atoms with Gasteiger partial charge in [-0.15, -0.1) is 0 Å². The average molecular weight is 166 g/mol. The molecule has 0 heterocycles. The molecule has 1 heteroatoms. The highest BCUT2D eigenvalue weighted by molar-refractivity contribution is 6.80. The lowest BCUT2D eigenvalue weighted by Crippen LogP contribution is -2.29. The fourth-order valence-electron chi connectivity index (χ4n) is 4.53. The summed E-state index contributed by atoms with van der Waals surface area (Å²) in [6, 6.07) is 0. The van der Waals surface area contributed by atoms with E-state index in [0.717, 1.165) is 5.04 Å². The molecule has 2 unspecified atom stereocenters. The molecule has 4 aliphatic rings. The molecule has 62 valence electrons. The second-order valence-corrected chi connectivity index (χ2v) is 11.5. The molecule has 0 saturated heterocycles. The molecule has 0 nitrogen and oxygen atoms in total. The van der Waals surface area contributed by atoms with Gasteiger partial charge in [-0.25, -0.2) is 0 Å². The Balaban J connectivity index is 2.01. The van der Waals surface area contributed by atoms with Crippen LogP contribution in [-0.4, -0.2) is 8.07 Å². The van der Waals surface area contributed by atoms with Crippen LogP contribution < -0.4 is 0 Å². The zero-order chi connectivity index (χ0) is 7.85. The summed E-state index contributed by atoms with van der Waals surface area (Å²) in [6.07, 6.45) is 4.88. The minimum Gasteiger partial charge on any atom is -0.0691 e. The third-order valence-electron chi connectivity index (χ3n) is 4.90. The molecule has 4 bridgehead atoms. The molecule has 4 saturated carbocycles. The Morgan fingerprint density at radius 3 is 1.82 bits per heavy atom. The van der Waals surface area contributed by atoms with Crippen LogP contribution in [0.25, 0.3) is 0 Å². The van der Waals surface area contributed by atoms with Crippen LogP contribution in [0.2, 0.25) is 24.7 Å². The Labute approximate surface area is 70.4 Å². The van der Waals surface area contributed by atoms with Gasteiger partial charge in [-0.05, 0) is 42.1 Å². The second kappa shape index (κ2) is 1.48. The van der Waals surface area contributed by atoms with E-state index in [9.17, 15) is 0 Å². The van der Waals surface area contributed by atoms with E-state index in [1.807, 2.05) is 0 Å². The third-order valence-corrected chi connectivity index (χ3v) is 8.64. The smallest absolute Gasteiger partial charge is 0.0513 e. The summed E-state index contributed by atoms with van der Waals surface area (Å²) in [5.41, 5.74) is 0. The third kappa shape index (κ3) is 0.526. The van der Waals surface area contributed by atoms with Gasteiger partial charge in [0.05, 0.1) is 8.07 Å². The highest BCUT2D eigenvalue weighted by Crippen LogP contribution is 2.87. The molecular weight excluding hydrogens is 148 g/mol. The van der Waals surface area contributed by atoms with Gasteiger partial charge in [-0.3, -0.25) is 0 Å². The number of rotatable bonds is 1. The van der Waals surface area contributed by atoms with Crippen molar-refractivity contribution in [2.24, 2.45) is 17.8 Å². The molecule has 0 spiro atoms. The Morgan fingerprint density at radius 1 is 1.09 bits per heavy atom. The monoisotopic (exact) mass is 166 g/mol. The van der Waals surface area contributed by atoms with E-state index in [1.165, 1.54) is 17.8 Å². The first-order chi connectivity index (χ1) is 5.06. The molecule has 4 rings (SSSR count). The van der Waals surface area contributed by atoms with Crippen molar-refractivity contribution in [3.63, 3.8) is 0 Å². The second-order valence-electron chi connectivity index (χ2n) is 6.04. The van der Waals surface area contributed by atoms with Gasteiger partial charge in [0, 0.05) is 0 Å². The van der Waals surface area contributed by atoms with E-state index >= 15 is 0 Å². The fourth-order valence-corrected chi connectivity index (χ4v) is 8.21. The van der Waals surface area contributed by atoms with Gasteiger partial charge in [-0.2, -0.15) is 0 Å². The maximum atomic E-state index is 2.59. The van der Waals surface area contributed by atoms with Crippen molar-refractivity contribution in [3.05, 3.63) is 0 Å². The lowest BCUT2D eigenvalue weighted by Gasteiger charge is -2.27. The molecule has 0 N–H and O–H groups in total. The largest absolute Gasteiger partial charge is 0.0691 e. The molecule has 0 aromatic rings. The van der Waals surface area contributed by atoms with Crippen molar-refractivity contribution in [3.8, 4) is 0 Å². The van der Waals surface area contributed by atoms with Gasteiger partial charge in [0.25, 0.3) is 0 Å². The van der Waals surface area contributed by atoms with Crippen molar-refractivity contribution in [2.75, 3.05) is 0 Å². The quantitative estimate of drug-likeness (QED) is 0.525. The molecule has 4 fully saturated rings. The fraction of sp³-hybridized carbons (Fsp3) is 1.00. The van der Waals surface area contributed by atoms with E-state index < -0.39 is 8.07 Å². The summed E-state index contributed by atoms with van der Waals surface area (Å²) in [6.45, 7) is 7.77. The van der Waals surface area contributed by atoms with Crippen molar-refractivity contribution < 1.29 is 0 Å². The summed E-state index contributed by atoms with van der Waals surface area (Å²) in [4.78, 5) is 0. The van der Waals surface area contributed by atoms with E-state index in [2.05, 4.69) is 19.6 Å². The molecular formula is C10H18Si. The number of hydrogen-bond acceptors (Lipinski definition) is 0. The van der Waals surface area contributed by atoms with Crippen molar-refractivity contribution in [1.82, 2.24) is 0 Å². The molecule has 0 aliphatic heterocycles. The van der Waals surface area contributed by atoms with Gasteiger partial charge in [0.15, 0.2) is 0 Å². The topological polar surface area (TPSA) is 0 Å². The van der Waals surface area contributed by atoms with Crippen molar-refractivity contribution >= 4 is 8.07 Å². The predicted molar refractivity (Wildman–Crippen MR) is 50.4 cm³/mol. The molecule has 11 heavy (non-hydrogen) atoms. The average Bonchev–Trinajstić information content (AvgIpc) is 2.39. The predicted octanol–water partition coefficient (Wildman–Crippen LogP) is 3.12. The van der Waals surface area contributed by atoms with Gasteiger partial charge in [0.1, 0.15) is 0 Å². The van der Waals surface area contributed by atoms with Crippen LogP contribution in [0.15, 0.2) is 0 Å². The lowest BCUT2D eigenvalue weighted by molar-refractivity contribution is 0.604. The van der Waals surface area contributed by atoms with Crippen LogP contribution in [0.4, 0.5) is 0 Å². The minimum absolute atomic E-state index is 0.796. The highest BCUT2D eigenvalue weighted by atomic mass is 28.3. The van der Waals surface area contributed by atoms with Gasteiger partial charge < -0.3 is 0 Å². The maximum Gasteiger partial charge on any atom is 0.0513 e. The Kier molecular flexibility index (Phi) is 0.902. The molecule has 4 atom stereocenters. The van der Waals surface area contributed by atoms with Crippen LogP contribution in [0.5, 0.6) is 0 Å². The zero-order valence-corrected chi connectivity index (χ0v) is 8.85. The normalized spacial score (nSPS) is 58.6. The van der Waals surface area contributed by atoms with Crippen molar-refractivity contribution in [2.45, 2.75) is 43.9 Å². The molecule has 0 aromatic carbocycles. The van der Waals surface area contributed by atoms with E-state index in [0.29, 0.717) is 0 Å². The standard InChI is InChI=1S/C10H18Si/c1-11(2,3)10-6-7-4-8(10)9(10)5-7/h7-9H,4-6H2,1-3H3/t7?,8-,9+,10?. The summed E-state index contributed by atoms with van der Waals surface area (Å²) < 4.78 is 0. The van der Waals surface area contributed by atoms with Gasteiger partial charge in [0.2, 0.25) is 0 Å². The summed E-state index contributed by atoms with van der Waals surface area (Å²) in [5.74, 6) is 3.62. The Morgan fingerprint density at radius 2 is 1.64 bits per heavy atom. The van der Waals surface area contributed by atoms with Crippen LogP contribution in [0.3, 0.4) is 0 Å². The number of hydrogen-bond donors (Lipinski definition) is 0. The van der Waals surface area contributed by atoms with Crippen LogP contribution in [0, 0.1) is 17.8 Å². The molecule has 0 radical (unpaired) electrons. The van der Waals surface area contributed by atoms with E-state index in [1.54, 1.807) is 19.3 Å². The summed E-state index contributed by atoms with van der Waals surface area (Å²) in [5, 5.41) is 0.970. The Hall–Kier alpha value is 0.217. The van der Waals surface area contributed by atoms with Crippen molar-refractivity contribution in [1.29, 1.82) is 0 Å². The molecule has 0 amide bonds. The summed E-state index contributed by atoms with van der Waals surface area (Å²) in [7, 11) is -0.796. The molecule has 0 aromatic heterocycles. The first-order valence-electron chi connectivity index (χ1n) is 5.06. The van der Waals surface area contributed by atoms with Gasteiger partial charge >= 0.3 is 0 Å². The summed E-state index contributed by atoms with van der Waals surface area (Å²) >= 11 is 0. The van der Waals surface area contributed by atoms with Crippen LogP contribution in [-0.2, 0) is 0 Å². The van der Waals surface area contributed by atoms with Crippen LogP contribution in [0.1, 0.15) is 19.3 Å². The van der Waals surface area contributed by atoms with Gasteiger partial charge in [-0.1, -0.05) is 19.6 Å². The minimum atomic E-state index is -0.796. The van der Waals surface area contributed by atoms with E-state index in [4.69, 9.17) is 0 Å². The first kappa shape index (κ1) is 6.70. The zero-order valence-electron chi connectivity index (χ0n) is 7.85.